The molecule has 0 fully saturated rings. The Morgan fingerprint density at radius 3 is 1.70 bits per heavy atom. The standard InChI is InChI=1S/C18H19BN/c1-20(2)19(18-10-4-3-5-11-18)14-12-16-8-6-7-9-17(16)13-15-19/h3-15H,1-2H3/q-1. The van der Waals surface area contributed by atoms with Gasteiger partial charge < -0.3 is 4.81 Å². The summed E-state index contributed by atoms with van der Waals surface area (Å²) in [4.78, 5) is 2.31. The smallest absolute Gasteiger partial charge is 0.130 e. The van der Waals surface area contributed by atoms with Gasteiger partial charge in [0.2, 0.25) is 0 Å². The Morgan fingerprint density at radius 1 is 0.700 bits per heavy atom. The van der Waals surface area contributed by atoms with Gasteiger partial charge in [0.15, 0.2) is 0 Å². The SMILES string of the molecule is CN(C)[B-]1(c2ccccc2)C=Cc2ccccc2C=C1. The molecule has 2 aromatic rings. The van der Waals surface area contributed by atoms with Gasteiger partial charge in [0.25, 0.3) is 0 Å². The monoisotopic (exact) mass is 260 g/mol. The van der Waals surface area contributed by atoms with E-state index in [1.807, 2.05) is 0 Å². The van der Waals surface area contributed by atoms with Crippen LogP contribution in [0.5, 0.6) is 0 Å². The lowest BCUT2D eigenvalue weighted by Crippen LogP contribution is -2.56. The number of hydrogen-bond donors (Lipinski definition) is 0. The maximum Gasteiger partial charge on any atom is 0.130 e. The Balaban J connectivity index is 2.16. The molecule has 0 radical (unpaired) electrons. The lowest BCUT2D eigenvalue weighted by Gasteiger charge is -2.43. The quantitative estimate of drug-likeness (QED) is 0.749. The second-order valence-corrected chi connectivity index (χ2v) is 5.67. The molecule has 1 aliphatic heterocycles. The van der Waals surface area contributed by atoms with Crippen LogP contribution in [-0.2, 0) is 0 Å². The van der Waals surface area contributed by atoms with Crippen molar-refractivity contribution >= 4 is 23.9 Å². The van der Waals surface area contributed by atoms with Gasteiger partial charge in [-0.2, -0.15) is 5.46 Å². The molecular formula is C18H19BN-. The molecule has 0 saturated carbocycles. The van der Waals surface area contributed by atoms with Crippen molar-refractivity contribution in [2.24, 2.45) is 0 Å². The molecule has 2 heteroatoms. The fourth-order valence-corrected chi connectivity index (χ4v) is 3.01. The summed E-state index contributed by atoms with van der Waals surface area (Å²) in [5.74, 6) is 4.69. The number of hydrogen-bond acceptors (Lipinski definition) is 1. The third-order valence-electron chi connectivity index (χ3n) is 4.32. The van der Waals surface area contributed by atoms with Crippen LogP contribution >= 0.6 is 0 Å². The van der Waals surface area contributed by atoms with E-state index >= 15 is 0 Å². The number of fused-ring (bicyclic) bond motifs is 1. The Hall–Kier alpha value is -2.06. The normalized spacial score (nSPS) is 15.9. The Kier molecular flexibility index (Phi) is 3.33. The highest BCUT2D eigenvalue weighted by molar-refractivity contribution is 6.98. The zero-order chi connectivity index (χ0) is 14.0. The molecule has 2 aromatic carbocycles. The van der Waals surface area contributed by atoms with Gasteiger partial charge in [0.1, 0.15) is 6.28 Å². The van der Waals surface area contributed by atoms with Crippen LogP contribution in [0.1, 0.15) is 11.1 Å². The van der Waals surface area contributed by atoms with E-state index in [0.29, 0.717) is 0 Å². The minimum Gasteiger partial charge on any atom is -0.469 e. The van der Waals surface area contributed by atoms with Gasteiger partial charge in [-0.25, -0.2) is 12.0 Å². The maximum atomic E-state index is 2.34. The highest BCUT2D eigenvalue weighted by atomic mass is 15.0. The second kappa shape index (κ2) is 5.14. The average Bonchev–Trinajstić information content (AvgIpc) is 2.69. The van der Waals surface area contributed by atoms with Crippen LogP contribution in [-0.4, -0.2) is 25.2 Å². The second-order valence-electron chi connectivity index (χ2n) is 5.67. The van der Waals surface area contributed by atoms with Gasteiger partial charge in [-0.15, -0.1) is 0 Å². The van der Waals surface area contributed by atoms with Crippen LogP contribution in [0.2, 0.25) is 0 Å². The first-order chi connectivity index (χ1) is 9.72. The molecule has 1 nitrogen and oxygen atoms in total. The van der Waals surface area contributed by atoms with E-state index in [9.17, 15) is 0 Å². The van der Waals surface area contributed by atoms with Crippen LogP contribution in [0.4, 0.5) is 0 Å². The Bertz CT molecular complexity index is 623. The van der Waals surface area contributed by atoms with Crippen molar-refractivity contribution in [3.63, 3.8) is 0 Å². The highest BCUT2D eigenvalue weighted by Gasteiger charge is 2.23. The van der Waals surface area contributed by atoms with Crippen molar-refractivity contribution in [1.29, 1.82) is 0 Å². The van der Waals surface area contributed by atoms with Gasteiger partial charge in [-0.3, -0.25) is 0 Å². The Morgan fingerprint density at radius 2 is 1.20 bits per heavy atom. The van der Waals surface area contributed by atoms with Crippen LogP contribution in [0.15, 0.2) is 66.5 Å². The molecule has 0 aliphatic carbocycles. The summed E-state index contributed by atoms with van der Waals surface area (Å²) in [6, 6.07) is 19.2. The molecule has 100 valence electrons. The first-order valence-electron chi connectivity index (χ1n) is 7.09. The van der Waals surface area contributed by atoms with Gasteiger partial charge in [0, 0.05) is 0 Å². The molecule has 0 N–H and O–H groups in total. The van der Waals surface area contributed by atoms with Crippen molar-refractivity contribution in [3.8, 4) is 0 Å². The molecule has 0 saturated heterocycles. The molecule has 0 spiro atoms. The van der Waals surface area contributed by atoms with Crippen molar-refractivity contribution in [2.45, 2.75) is 0 Å². The van der Waals surface area contributed by atoms with E-state index in [1.54, 1.807) is 0 Å². The van der Waals surface area contributed by atoms with Crippen molar-refractivity contribution in [2.75, 3.05) is 14.1 Å². The largest absolute Gasteiger partial charge is 0.469 e. The third kappa shape index (κ3) is 2.12. The zero-order valence-corrected chi connectivity index (χ0v) is 12.0. The van der Waals surface area contributed by atoms with E-state index in [1.165, 1.54) is 16.6 Å². The van der Waals surface area contributed by atoms with Crippen LogP contribution < -0.4 is 5.46 Å². The van der Waals surface area contributed by atoms with E-state index in [-0.39, 0.29) is 0 Å². The molecule has 3 rings (SSSR count). The molecule has 1 heterocycles. The van der Waals surface area contributed by atoms with Gasteiger partial charge in [-0.05, 0) is 25.2 Å². The van der Waals surface area contributed by atoms with Crippen molar-refractivity contribution < 1.29 is 0 Å². The first kappa shape index (κ1) is 13.0. The predicted molar refractivity (Wildman–Crippen MR) is 90.0 cm³/mol. The fraction of sp³-hybridized carbons (Fsp3) is 0.111. The first-order valence-corrected chi connectivity index (χ1v) is 7.09. The minimum atomic E-state index is -0.967. The molecule has 0 amide bonds. The maximum absolute atomic E-state index is 2.34. The van der Waals surface area contributed by atoms with E-state index in [0.717, 1.165) is 0 Å². The summed E-state index contributed by atoms with van der Waals surface area (Å²) in [7, 11) is 4.30. The van der Waals surface area contributed by atoms with Gasteiger partial charge in [0.05, 0.1) is 0 Å². The molecule has 1 aliphatic rings. The molecular weight excluding hydrogens is 241 g/mol. The average molecular weight is 260 g/mol. The third-order valence-corrected chi connectivity index (χ3v) is 4.32. The zero-order valence-electron chi connectivity index (χ0n) is 12.0. The molecule has 20 heavy (non-hydrogen) atoms. The summed E-state index contributed by atoms with van der Waals surface area (Å²) < 4.78 is 0. The van der Waals surface area contributed by atoms with Crippen molar-refractivity contribution in [1.82, 2.24) is 4.81 Å². The minimum absolute atomic E-state index is 0.967. The predicted octanol–water partition coefficient (Wildman–Crippen LogP) is 3.22. The molecule has 0 aromatic heterocycles. The summed E-state index contributed by atoms with van der Waals surface area (Å²) in [5.41, 5.74) is 3.91. The highest BCUT2D eigenvalue weighted by Crippen LogP contribution is 2.22. The number of benzene rings is 2. The molecule has 0 bridgehead atoms. The van der Waals surface area contributed by atoms with Crippen LogP contribution in [0.3, 0.4) is 0 Å². The van der Waals surface area contributed by atoms with Crippen molar-refractivity contribution in [3.05, 3.63) is 77.7 Å². The lowest BCUT2D eigenvalue weighted by molar-refractivity contribution is 0.643. The number of nitrogens with zero attached hydrogens (tertiary/aromatic N) is 1. The summed E-state index contributed by atoms with van der Waals surface area (Å²) in [6.45, 7) is 0. The topological polar surface area (TPSA) is 3.24 Å². The fourth-order valence-electron chi connectivity index (χ4n) is 3.01. The molecule has 0 unspecified atom stereocenters. The van der Waals surface area contributed by atoms with Gasteiger partial charge in [-0.1, -0.05) is 66.7 Å². The van der Waals surface area contributed by atoms with Gasteiger partial charge >= 0.3 is 0 Å². The van der Waals surface area contributed by atoms with E-state index < -0.39 is 6.28 Å². The van der Waals surface area contributed by atoms with E-state index in [2.05, 4.69) is 97.6 Å². The summed E-state index contributed by atoms with van der Waals surface area (Å²) in [5, 5.41) is 0. The Labute approximate surface area is 121 Å². The lowest BCUT2D eigenvalue weighted by atomic mass is 9.30. The summed E-state index contributed by atoms with van der Waals surface area (Å²) >= 11 is 0. The van der Waals surface area contributed by atoms with Crippen LogP contribution in [0, 0.1) is 0 Å². The molecule has 0 atom stereocenters. The van der Waals surface area contributed by atoms with Crippen LogP contribution in [0.25, 0.3) is 12.2 Å². The summed E-state index contributed by atoms with van der Waals surface area (Å²) in [6.07, 6.45) is 3.54. The number of rotatable bonds is 2. The van der Waals surface area contributed by atoms with E-state index in [4.69, 9.17) is 0 Å².